The summed E-state index contributed by atoms with van der Waals surface area (Å²) in [5, 5.41) is 7.31. The van der Waals surface area contributed by atoms with Gasteiger partial charge in [0.25, 0.3) is 0 Å². The molecule has 1 aromatic heterocycles. The molecule has 22 heavy (non-hydrogen) atoms. The van der Waals surface area contributed by atoms with Gasteiger partial charge >= 0.3 is 0 Å². The van der Waals surface area contributed by atoms with Gasteiger partial charge in [0.05, 0.1) is 5.02 Å². The molecule has 6 heteroatoms. The Morgan fingerprint density at radius 2 is 2.05 bits per heavy atom. The molecule has 2 N–H and O–H groups in total. The molecule has 0 spiro atoms. The van der Waals surface area contributed by atoms with E-state index in [9.17, 15) is 0 Å². The third-order valence-electron chi connectivity index (χ3n) is 3.20. The Morgan fingerprint density at radius 3 is 2.77 bits per heavy atom. The van der Waals surface area contributed by atoms with Crippen molar-refractivity contribution in [2.24, 2.45) is 0 Å². The minimum atomic E-state index is 0.532. The fourth-order valence-electron chi connectivity index (χ4n) is 1.94. The number of aromatic nitrogens is 1. The molecule has 0 amide bonds. The second-order valence-electron chi connectivity index (χ2n) is 4.86. The summed E-state index contributed by atoms with van der Waals surface area (Å²) in [6, 6.07) is 10.4. The van der Waals surface area contributed by atoms with Gasteiger partial charge in [0.15, 0.2) is 10.9 Å². The van der Waals surface area contributed by atoms with Gasteiger partial charge in [0.1, 0.15) is 0 Å². The highest BCUT2D eigenvalue weighted by molar-refractivity contribution is 9.10. The van der Waals surface area contributed by atoms with Crippen LogP contribution in [0.1, 0.15) is 17.5 Å². The van der Waals surface area contributed by atoms with E-state index >= 15 is 0 Å². The highest BCUT2D eigenvalue weighted by Crippen LogP contribution is 2.28. The smallest absolute Gasteiger partial charge is 0.171 e. The van der Waals surface area contributed by atoms with Crippen molar-refractivity contribution in [3.05, 3.63) is 57.2 Å². The second kappa shape index (κ2) is 8.46. The summed E-state index contributed by atoms with van der Waals surface area (Å²) in [4.78, 5) is 4.24. The molecule has 0 bridgehead atoms. The van der Waals surface area contributed by atoms with E-state index in [2.05, 4.69) is 55.8 Å². The SMILES string of the molecule is Cc1c(Br)cnc(NC(=S)NCCCc2ccccc2)c1Cl. The fraction of sp³-hybridized carbons (Fsp3) is 0.250. The summed E-state index contributed by atoms with van der Waals surface area (Å²) in [6.45, 7) is 2.73. The van der Waals surface area contributed by atoms with E-state index in [1.54, 1.807) is 6.20 Å². The van der Waals surface area contributed by atoms with E-state index in [4.69, 9.17) is 23.8 Å². The number of pyridine rings is 1. The van der Waals surface area contributed by atoms with Crippen LogP contribution in [0.5, 0.6) is 0 Å². The van der Waals surface area contributed by atoms with Crippen LogP contribution in [-0.4, -0.2) is 16.6 Å². The van der Waals surface area contributed by atoms with Crippen LogP contribution >= 0.6 is 39.7 Å². The summed E-state index contributed by atoms with van der Waals surface area (Å²) in [6.07, 6.45) is 3.74. The summed E-state index contributed by atoms with van der Waals surface area (Å²) in [5.41, 5.74) is 2.27. The van der Waals surface area contributed by atoms with Crippen molar-refractivity contribution in [2.75, 3.05) is 11.9 Å². The number of anilines is 1. The average Bonchev–Trinajstić information content (AvgIpc) is 2.53. The maximum absolute atomic E-state index is 6.24. The lowest BCUT2D eigenvalue weighted by Crippen LogP contribution is -2.30. The first-order chi connectivity index (χ1) is 10.6. The molecule has 0 aliphatic rings. The van der Waals surface area contributed by atoms with E-state index in [1.807, 2.05) is 13.0 Å². The van der Waals surface area contributed by atoms with Crippen molar-refractivity contribution < 1.29 is 0 Å². The number of thiocarbonyl (C=S) groups is 1. The topological polar surface area (TPSA) is 37.0 Å². The van der Waals surface area contributed by atoms with Gasteiger partial charge in [-0.3, -0.25) is 0 Å². The predicted octanol–water partition coefficient (Wildman–Crippen LogP) is 4.73. The Balaban J connectivity index is 1.78. The molecule has 116 valence electrons. The standard InChI is InChI=1S/C16H17BrClN3S/c1-11-13(17)10-20-15(14(11)18)21-16(22)19-9-5-8-12-6-3-2-4-7-12/h2-4,6-7,10H,5,8-9H2,1H3,(H2,19,20,21,22). The van der Waals surface area contributed by atoms with Crippen LogP contribution in [0.2, 0.25) is 5.02 Å². The molecule has 0 aliphatic heterocycles. The van der Waals surface area contributed by atoms with Crippen molar-refractivity contribution in [2.45, 2.75) is 19.8 Å². The molecule has 0 saturated carbocycles. The van der Waals surface area contributed by atoms with E-state index < -0.39 is 0 Å². The van der Waals surface area contributed by atoms with Gasteiger partial charge in [-0.05, 0) is 59.0 Å². The highest BCUT2D eigenvalue weighted by Gasteiger charge is 2.09. The summed E-state index contributed by atoms with van der Waals surface area (Å²) >= 11 is 14.9. The number of hydrogen-bond acceptors (Lipinski definition) is 2. The normalized spacial score (nSPS) is 10.3. The number of hydrogen-bond donors (Lipinski definition) is 2. The summed E-state index contributed by atoms with van der Waals surface area (Å²) in [5.74, 6) is 0.572. The molecule has 0 saturated heterocycles. The second-order valence-corrected chi connectivity index (χ2v) is 6.50. The molecule has 0 atom stereocenters. The van der Waals surface area contributed by atoms with Crippen molar-refractivity contribution >= 4 is 50.7 Å². The van der Waals surface area contributed by atoms with Crippen LogP contribution in [0.15, 0.2) is 41.0 Å². The van der Waals surface area contributed by atoms with Crippen LogP contribution in [-0.2, 0) is 6.42 Å². The summed E-state index contributed by atoms with van der Waals surface area (Å²) < 4.78 is 0.879. The number of aryl methyl sites for hydroxylation is 1. The largest absolute Gasteiger partial charge is 0.362 e. The number of nitrogens with one attached hydrogen (secondary N) is 2. The van der Waals surface area contributed by atoms with Gasteiger partial charge in [-0.25, -0.2) is 4.98 Å². The molecule has 0 aliphatic carbocycles. The minimum Gasteiger partial charge on any atom is -0.362 e. The Bertz CT molecular complexity index is 649. The maximum atomic E-state index is 6.24. The molecule has 1 aromatic carbocycles. The van der Waals surface area contributed by atoms with Crippen molar-refractivity contribution in [3.8, 4) is 0 Å². The molecule has 2 rings (SSSR count). The molecule has 0 unspecified atom stereocenters. The van der Waals surface area contributed by atoms with Crippen LogP contribution in [0.3, 0.4) is 0 Å². The number of halogens is 2. The third kappa shape index (κ3) is 4.93. The maximum Gasteiger partial charge on any atom is 0.171 e. The van der Waals surface area contributed by atoms with Gasteiger partial charge in [-0.15, -0.1) is 0 Å². The molecular weight excluding hydrogens is 382 g/mol. The Morgan fingerprint density at radius 1 is 1.32 bits per heavy atom. The van der Waals surface area contributed by atoms with E-state index in [0.29, 0.717) is 16.0 Å². The van der Waals surface area contributed by atoms with E-state index in [-0.39, 0.29) is 0 Å². The summed E-state index contributed by atoms with van der Waals surface area (Å²) in [7, 11) is 0. The monoisotopic (exact) mass is 397 g/mol. The Labute approximate surface area is 149 Å². The minimum absolute atomic E-state index is 0.532. The molecule has 1 heterocycles. The van der Waals surface area contributed by atoms with Crippen molar-refractivity contribution in [3.63, 3.8) is 0 Å². The van der Waals surface area contributed by atoms with Crippen LogP contribution in [0, 0.1) is 6.92 Å². The zero-order chi connectivity index (χ0) is 15.9. The number of rotatable bonds is 5. The third-order valence-corrected chi connectivity index (χ3v) is 4.71. The van der Waals surface area contributed by atoms with Crippen molar-refractivity contribution in [1.82, 2.24) is 10.3 Å². The number of benzene rings is 1. The Kier molecular flexibility index (Phi) is 6.61. The molecular formula is C16H17BrClN3S. The van der Waals surface area contributed by atoms with Crippen LogP contribution in [0.4, 0.5) is 5.82 Å². The first kappa shape index (κ1) is 17.2. The zero-order valence-corrected chi connectivity index (χ0v) is 15.4. The van der Waals surface area contributed by atoms with E-state index in [1.165, 1.54) is 5.56 Å². The van der Waals surface area contributed by atoms with Gasteiger partial charge < -0.3 is 10.6 Å². The first-order valence-electron chi connectivity index (χ1n) is 6.97. The first-order valence-corrected chi connectivity index (χ1v) is 8.55. The van der Waals surface area contributed by atoms with Gasteiger partial charge in [0.2, 0.25) is 0 Å². The molecule has 0 fully saturated rings. The lowest BCUT2D eigenvalue weighted by molar-refractivity contribution is 0.777. The fourth-order valence-corrected chi connectivity index (χ4v) is 2.75. The average molecular weight is 399 g/mol. The zero-order valence-electron chi connectivity index (χ0n) is 12.2. The number of nitrogens with zero attached hydrogens (tertiary/aromatic N) is 1. The lowest BCUT2D eigenvalue weighted by Gasteiger charge is -2.12. The quantitative estimate of drug-likeness (QED) is 0.564. The van der Waals surface area contributed by atoms with Gasteiger partial charge in [-0.2, -0.15) is 0 Å². The predicted molar refractivity (Wildman–Crippen MR) is 101 cm³/mol. The van der Waals surface area contributed by atoms with Crippen LogP contribution < -0.4 is 10.6 Å². The Hall–Kier alpha value is -1.17. The highest BCUT2D eigenvalue weighted by atomic mass is 79.9. The van der Waals surface area contributed by atoms with Gasteiger partial charge in [0, 0.05) is 17.2 Å². The van der Waals surface area contributed by atoms with Crippen molar-refractivity contribution in [1.29, 1.82) is 0 Å². The molecule has 3 nitrogen and oxygen atoms in total. The van der Waals surface area contributed by atoms with E-state index in [0.717, 1.165) is 29.4 Å². The lowest BCUT2D eigenvalue weighted by atomic mass is 10.1. The molecule has 0 radical (unpaired) electrons. The van der Waals surface area contributed by atoms with Gasteiger partial charge in [-0.1, -0.05) is 41.9 Å². The van der Waals surface area contributed by atoms with Crippen LogP contribution in [0.25, 0.3) is 0 Å². The molecule has 2 aromatic rings.